The third kappa shape index (κ3) is 5.85. The smallest absolute Gasteiger partial charge is 0.319 e. The second-order valence-corrected chi connectivity index (χ2v) is 6.76. The Hall–Kier alpha value is -1.50. The highest BCUT2D eigenvalue weighted by atomic mass is 35.5. The van der Waals surface area contributed by atoms with E-state index in [-0.39, 0.29) is 12.1 Å². The lowest BCUT2D eigenvalue weighted by molar-refractivity contribution is -0.0288. The van der Waals surface area contributed by atoms with E-state index < -0.39 is 0 Å². The van der Waals surface area contributed by atoms with Crippen LogP contribution in [0.4, 0.5) is 10.5 Å². The van der Waals surface area contributed by atoms with E-state index in [0.29, 0.717) is 35.5 Å². The predicted octanol–water partition coefficient (Wildman–Crippen LogP) is 2.83. The van der Waals surface area contributed by atoms with E-state index in [1.165, 1.54) is 0 Å². The number of carbonyl (C=O) groups excluding carboxylic acids is 1. The van der Waals surface area contributed by atoms with Gasteiger partial charge >= 0.3 is 6.03 Å². The van der Waals surface area contributed by atoms with Crippen molar-refractivity contribution in [1.82, 2.24) is 10.2 Å². The molecule has 2 amide bonds. The zero-order chi connectivity index (χ0) is 17.5. The largest absolute Gasteiger partial charge is 0.495 e. The summed E-state index contributed by atoms with van der Waals surface area (Å²) in [7, 11) is 1.55. The summed E-state index contributed by atoms with van der Waals surface area (Å²) in [6.07, 6.45) is 0.00417. The van der Waals surface area contributed by atoms with Gasteiger partial charge in [-0.25, -0.2) is 4.79 Å². The van der Waals surface area contributed by atoms with Crippen molar-refractivity contribution in [2.24, 2.45) is 5.92 Å². The number of morpholine rings is 1. The second kappa shape index (κ2) is 9.11. The number of nitrogens with zero attached hydrogens (tertiary/aromatic N) is 1. The molecule has 1 heterocycles. The normalized spacial score (nSPS) is 18.5. The fraction of sp³-hybridized carbons (Fsp3) is 0.588. The maximum Gasteiger partial charge on any atom is 0.319 e. The fourth-order valence-corrected chi connectivity index (χ4v) is 2.91. The highest BCUT2D eigenvalue weighted by Gasteiger charge is 2.21. The van der Waals surface area contributed by atoms with Crippen molar-refractivity contribution in [3.63, 3.8) is 0 Å². The molecule has 1 aromatic rings. The van der Waals surface area contributed by atoms with E-state index in [1.807, 2.05) is 0 Å². The molecule has 2 N–H and O–H groups in total. The molecule has 0 radical (unpaired) electrons. The van der Waals surface area contributed by atoms with Gasteiger partial charge in [0, 0.05) is 31.2 Å². The Bertz CT molecular complexity index is 554. The van der Waals surface area contributed by atoms with Gasteiger partial charge in [0.15, 0.2) is 0 Å². The average molecular weight is 356 g/mol. The van der Waals surface area contributed by atoms with Crippen LogP contribution in [0.2, 0.25) is 5.02 Å². The molecule has 1 saturated heterocycles. The van der Waals surface area contributed by atoms with E-state index >= 15 is 0 Å². The van der Waals surface area contributed by atoms with Crippen LogP contribution in [0.25, 0.3) is 0 Å². The number of methoxy groups -OCH3 is 1. The van der Waals surface area contributed by atoms with Crippen molar-refractivity contribution < 1.29 is 14.3 Å². The first-order valence-corrected chi connectivity index (χ1v) is 8.58. The minimum absolute atomic E-state index is 0.00417. The van der Waals surface area contributed by atoms with Crippen LogP contribution in [0, 0.1) is 5.92 Å². The second-order valence-electron chi connectivity index (χ2n) is 6.33. The molecule has 6 nitrogen and oxygen atoms in total. The summed E-state index contributed by atoms with van der Waals surface area (Å²) in [5.74, 6) is 1.18. The molecule has 2 rings (SSSR count). The van der Waals surface area contributed by atoms with E-state index in [0.717, 1.165) is 19.6 Å². The van der Waals surface area contributed by atoms with Crippen LogP contribution < -0.4 is 15.4 Å². The number of hydrogen-bond donors (Lipinski definition) is 2. The van der Waals surface area contributed by atoms with Crippen LogP contribution in [0.3, 0.4) is 0 Å². The lowest BCUT2D eigenvalue weighted by Gasteiger charge is -2.33. The number of rotatable bonds is 6. The van der Waals surface area contributed by atoms with Crippen molar-refractivity contribution in [2.45, 2.75) is 20.0 Å². The molecule has 1 aromatic carbocycles. The standard InChI is InChI=1S/C17H26ClN3O3/c1-12(2)10-21-6-7-24-14(11-21)9-19-17(22)20-15-8-13(18)4-5-16(15)23-3/h4-5,8,12,14H,6-7,9-11H2,1-3H3,(H2,19,20,22). The molecule has 0 spiro atoms. The Kier molecular flexibility index (Phi) is 7.15. The van der Waals surface area contributed by atoms with Crippen LogP contribution in [0.1, 0.15) is 13.8 Å². The summed E-state index contributed by atoms with van der Waals surface area (Å²) in [6.45, 7) is 8.39. The maximum atomic E-state index is 12.1. The molecule has 134 valence electrons. The lowest BCUT2D eigenvalue weighted by atomic mass is 10.2. The molecule has 0 bridgehead atoms. The first-order chi connectivity index (χ1) is 11.5. The van der Waals surface area contributed by atoms with Crippen LogP contribution in [0.15, 0.2) is 18.2 Å². The fourth-order valence-electron chi connectivity index (χ4n) is 2.74. The molecule has 24 heavy (non-hydrogen) atoms. The van der Waals surface area contributed by atoms with E-state index in [1.54, 1.807) is 25.3 Å². The molecule has 0 saturated carbocycles. The van der Waals surface area contributed by atoms with Gasteiger partial charge in [-0.3, -0.25) is 4.90 Å². The van der Waals surface area contributed by atoms with Gasteiger partial charge in [0.2, 0.25) is 0 Å². The summed E-state index contributed by atoms with van der Waals surface area (Å²) in [5, 5.41) is 6.14. The predicted molar refractivity (Wildman–Crippen MR) is 96.0 cm³/mol. The van der Waals surface area contributed by atoms with Gasteiger partial charge in [-0.05, 0) is 24.1 Å². The molecule has 1 fully saturated rings. The first-order valence-electron chi connectivity index (χ1n) is 8.20. The minimum atomic E-state index is -0.305. The van der Waals surface area contributed by atoms with Gasteiger partial charge in [-0.15, -0.1) is 0 Å². The van der Waals surface area contributed by atoms with E-state index in [2.05, 4.69) is 29.4 Å². The number of benzene rings is 1. The minimum Gasteiger partial charge on any atom is -0.495 e. The number of urea groups is 1. The molecule has 7 heteroatoms. The Morgan fingerprint density at radius 2 is 2.29 bits per heavy atom. The summed E-state index contributed by atoms with van der Waals surface area (Å²) >= 11 is 5.96. The van der Waals surface area contributed by atoms with Crippen molar-refractivity contribution in [2.75, 3.05) is 45.2 Å². The number of carbonyl (C=O) groups is 1. The molecular weight excluding hydrogens is 330 g/mol. The highest BCUT2D eigenvalue weighted by Crippen LogP contribution is 2.27. The van der Waals surface area contributed by atoms with E-state index in [4.69, 9.17) is 21.1 Å². The number of amides is 2. The summed E-state index contributed by atoms with van der Waals surface area (Å²) in [5.41, 5.74) is 0.536. The van der Waals surface area contributed by atoms with Gasteiger partial charge in [-0.2, -0.15) is 0 Å². The zero-order valence-electron chi connectivity index (χ0n) is 14.5. The van der Waals surface area contributed by atoms with Crippen LogP contribution in [-0.2, 0) is 4.74 Å². The Morgan fingerprint density at radius 3 is 3.00 bits per heavy atom. The molecule has 1 aliphatic rings. The molecule has 0 aromatic heterocycles. The number of halogens is 1. The summed E-state index contributed by atoms with van der Waals surface area (Å²) in [6, 6.07) is 4.77. The SMILES string of the molecule is COc1ccc(Cl)cc1NC(=O)NCC1CN(CC(C)C)CCO1. The van der Waals surface area contributed by atoms with Gasteiger partial charge in [0.1, 0.15) is 5.75 Å². The third-order valence-corrected chi connectivity index (χ3v) is 3.98. The van der Waals surface area contributed by atoms with Crippen molar-refractivity contribution in [1.29, 1.82) is 0 Å². The Balaban J connectivity index is 1.82. The maximum absolute atomic E-state index is 12.1. The van der Waals surface area contributed by atoms with Crippen molar-refractivity contribution in [3.8, 4) is 5.75 Å². The quantitative estimate of drug-likeness (QED) is 0.823. The molecular formula is C17H26ClN3O3. The number of nitrogens with one attached hydrogen (secondary N) is 2. The van der Waals surface area contributed by atoms with Gasteiger partial charge < -0.3 is 20.1 Å². The molecule has 1 aliphatic heterocycles. The molecule has 0 aliphatic carbocycles. The number of hydrogen-bond acceptors (Lipinski definition) is 4. The Labute approximate surface area is 148 Å². The monoisotopic (exact) mass is 355 g/mol. The number of ether oxygens (including phenoxy) is 2. The highest BCUT2D eigenvalue weighted by molar-refractivity contribution is 6.31. The van der Waals surface area contributed by atoms with Gasteiger partial charge in [0.25, 0.3) is 0 Å². The van der Waals surface area contributed by atoms with Crippen LogP contribution in [-0.4, -0.2) is 56.9 Å². The van der Waals surface area contributed by atoms with Crippen LogP contribution in [0.5, 0.6) is 5.75 Å². The van der Waals surface area contributed by atoms with Gasteiger partial charge in [-0.1, -0.05) is 25.4 Å². The van der Waals surface area contributed by atoms with Crippen LogP contribution >= 0.6 is 11.6 Å². The van der Waals surface area contributed by atoms with Gasteiger partial charge in [0.05, 0.1) is 25.5 Å². The molecule has 1 atom stereocenters. The topological polar surface area (TPSA) is 62.8 Å². The summed E-state index contributed by atoms with van der Waals surface area (Å²) < 4.78 is 10.9. The number of anilines is 1. The Morgan fingerprint density at radius 1 is 1.50 bits per heavy atom. The molecule has 1 unspecified atom stereocenters. The summed E-state index contributed by atoms with van der Waals surface area (Å²) in [4.78, 5) is 14.5. The van der Waals surface area contributed by atoms with E-state index in [9.17, 15) is 4.79 Å². The zero-order valence-corrected chi connectivity index (χ0v) is 15.2. The third-order valence-electron chi connectivity index (χ3n) is 3.75. The first kappa shape index (κ1) is 18.8. The lowest BCUT2D eigenvalue weighted by Crippen LogP contribution is -2.48. The van der Waals surface area contributed by atoms with Crippen molar-refractivity contribution >= 4 is 23.3 Å². The average Bonchev–Trinajstić information content (AvgIpc) is 2.53. The van der Waals surface area contributed by atoms with Crippen molar-refractivity contribution in [3.05, 3.63) is 23.2 Å².